The van der Waals surface area contributed by atoms with Gasteiger partial charge in [-0.25, -0.2) is 4.98 Å². The van der Waals surface area contributed by atoms with Crippen LogP contribution in [0.15, 0.2) is 29.3 Å². The Morgan fingerprint density at radius 3 is 2.73 bits per heavy atom. The maximum atomic E-state index is 12.5. The molecule has 0 atom stereocenters. The summed E-state index contributed by atoms with van der Waals surface area (Å²) in [4.78, 5) is 18.7. The van der Waals surface area contributed by atoms with Crippen molar-refractivity contribution in [2.45, 2.75) is 6.92 Å². The lowest BCUT2D eigenvalue weighted by Crippen LogP contribution is -2.40. The number of anilines is 1. The van der Waals surface area contributed by atoms with Crippen LogP contribution in [0.3, 0.4) is 0 Å². The maximum absolute atomic E-state index is 12.5. The molecule has 0 bridgehead atoms. The van der Waals surface area contributed by atoms with Gasteiger partial charge in [0.1, 0.15) is 10.8 Å². The highest BCUT2D eigenvalue weighted by Gasteiger charge is 2.18. The molecule has 3 rings (SSSR count). The lowest BCUT2D eigenvalue weighted by molar-refractivity contribution is 0.122. The Balaban J connectivity index is 2.14. The molecule has 5 nitrogen and oxygen atoms in total. The number of hydrogen-bond acceptors (Lipinski definition) is 4. The van der Waals surface area contributed by atoms with Crippen molar-refractivity contribution in [1.29, 1.82) is 0 Å². The average Bonchev–Trinajstić information content (AvgIpc) is 2.51. The van der Waals surface area contributed by atoms with E-state index in [1.54, 1.807) is 17.8 Å². The predicted octanol–water partition coefficient (Wildman–Crippen LogP) is 2.25. The second kappa shape index (κ2) is 6.10. The first-order valence-electron chi connectivity index (χ1n) is 7.23. The Hall–Kier alpha value is -1.85. The number of nitrogens with zero attached hydrogens (tertiary/aromatic N) is 3. The molecule has 22 heavy (non-hydrogen) atoms. The number of hydrogen-bond donors (Lipinski definition) is 0. The molecule has 0 radical (unpaired) electrons. The van der Waals surface area contributed by atoms with Crippen molar-refractivity contribution < 1.29 is 4.74 Å². The highest BCUT2D eigenvalue weighted by Crippen LogP contribution is 2.30. The van der Waals surface area contributed by atoms with Crippen LogP contribution >= 0.6 is 11.6 Å². The molecule has 0 N–H and O–H groups in total. The van der Waals surface area contributed by atoms with Gasteiger partial charge in [0.2, 0.25) is 0 Å². The molecule has 0 unspecified atom stereocenters. The van der Waals surface area contributed by atoms with Crippen molar-refractivity contribution in [3.05, 3.63) is 45.6 Å². The number of aryl methyl sites for hydroxylation is 2. The summed E-state index contributed by atoms with van der Waals surface area (Å²) in [7, 11) is 1.76. The van der Waals surface area contributed by atoms with Crippen molar-refractivity contribution >= 4 is 17.3 Å². The van der Waals surface area contributed by atoms with Gasteiger partial charge in [-0.2, -0.15) is 0 Å². The first kappa shape index (κ1) is 15.1. The zero-order valence-corrected chi connectivity index (χ0v) is 13.4. The summed E-state index contributed by atoms with van der Waals surface area (Å²) >= 11 is 6.26. The average molecular weight is 320 g/mol. The first-order chi connectivity index (χ1) is 10.6. The topological polar surface area (TPSA) is 47.4 Å². The van der Waals surface area contributed by atoms with E-state index in [1.807, 2.05) is 25.3 Å². The SMILES string of the molecule is Cc1ccnc(Cl)c1-c1cc(N2CCOCC2)c(=O)n(C)c1. The normalized spacial score (nSPS) is 15.1. The van der Waals surface area contributed by atoms with Gasteiger partial charge in [-0.1, -0.05) is 11.6 Å². The minimum Gasteiger partial charge on any atom is -0.378 e. The molecular formula is C16H18ClN3O2. The zero-order valence-electron chi connectivity index (χ0n) is 12.7. The lowest BCUT2D eigenvalue weighted by Gasteiger charge is -2.28. The smallest absolute Gasteiger partial charge is 0.273 e. The van der Waals surface area contributed by atoms with Gasteiger partial charge in [0.15, 0.2) is 0 Å². The van der Waals surface area contributed by atoms with E-state index in [0.29, 0.717) is 24.1 Å². The largest absolute Gasteiger partial charge is 0.378 e. The molecule has 3 heterocycles. The summed E-state index contributed by atoms with van der Waals surface area (Å²) in [6, 6.07) is 3.82. The van der Waals surface area contributed by atoms with Crippen LogP contribution in [0.5, 0.6) is 0 Å². The number of rotatable bonds is 2. The van der Waals surface area contributed by atoms with Gasteiger partial charge >= 0.3 is 0 Å². The Morgan fingerprint density at radius 2 is 2.05 bits per heavy atom. The van der Waals surface area contributed by atoms with Gasteiger partial charge in [0.25, 0.3) is 5.56 Å². The van der Waals surface area contributed by atoms with Crippen LogP contribution in [0, 0.1) is 6.92 Å². The van der Waals surface area contributed by atoms with Crippen LogP contribution in [0.25, 0.3) is 11.1 Å². The Morgan fingerprint density at radius 1 is 1.32 bits per heavy atom. The van der Waals surface area contributed by atoms with Crippen LogP contribution in [-0.4, -0.2) is 35.9 Å². The summed E-state index contributed by atoms with van der Waals surface area (Å²) in [6.07, 6.45) is 3.49. The second-order valence-electron chi connectivity index (χ2n) is 5.42. The van der Waals surface area contributed by atoms with E-state index in [-0.39, 0.29) is 5.56 Å². The van der Waals surface area contributed by atoms with E-state index >= 15 is 0 Å². The monoisotopic (exact) mass is 319 g/mol. The third kappa shape index (κ3) is 2.74. The third-order valence-electron chi connectivity index (χ3n) is 3.92. The summed E-state index contributed by atoms with van der Waals surface area (Å²) in [5.41, 5.74) is 3.48. The number of pyridine rings is 2. The van der Waals surface area contributed by atoms with Crippen LogP contribution in [0.1, 0.15) is 5.56 Å². The van der Waals surface area contributed by atoms with Crippen molar-refractivity contribution in [2.24, 2.45) is 7.05 Å². The molecule has 0 aliphatic carbocycles. The molecule has 0 amide bonds. The molecule has 1 aliphatic rings. The van der Waals surface area contributed by atoms with Crippen LogP contribution < -0.4 is 10.5 Å². The second-order valence-corrected chi connectivity index (χ2v) is 5.78. The molecule has 1 fully saturated rings. The van der Waals surface area contributed by atoms with E-state index in [1.165, 1.54) is 0 Å². The fourth-order valence-corrected chi connectivity index (χ4v) is 3.05. The summed E-state index contributed by atoms with van der Waals surface area (Å²) in [5, 5.41) is 0.451. The van der Waals surface area contributed by atoms with Gasteiger partial charge in [0, 0.05) is 43.7 Å². The molecule has 6 heteroatoms. The quantitative estimate of drug-likeness (QED) is 0.797. The number of morpholine rings is 1. The molecule has 2 aromatic heterocycles. The first-order valence-corrected chi connectivity index (χ1v) is 7.60. The molecular weight excluding hydrogens is 302 g/mol. The molecule has 2 aromatic rings. The Kier molecular flexibility index (Phi) is 4.18. The molecule has 0 spiro atoms. The maximum Gasteiger partial charge on any atom is 0.273 e. The van der Waals surface area contributed by atoms with Crippen LogP contribution in [0.2, 0.25) is 5.15 Å². The van der Waals surface area contributed by atoms with E-state index in [0.717, 1.165) is 29.8 Å². The number of ether oxygens (including phenoxy) is 1. The summed E-state index contributed by atoms with van der Waals surface area (Å²) in [5.74, 6) is 0. The van der Waals surface area contributed by atoms with E-state index < -0.39 is 0 Å². The van der Waals surface area contributed by atoms with Crippen LogP contribution in [0.4, 0.5) is 5.69 Å². The zero-order chi connectivity index (χ0) is 15.7. The van der Waals surface area contributed by atoms with Gasteiger partial charge in [-0.15, -0.1) is 0 Å². The fourth-order valence-electron chi connectivity index (χ4n) is 2.73. The van der Waals surface area contributed by atoms with Crippen molar-refractivity contribution in [3.63, 3.8) is 0 Å². The highest BCUT2D eigenvalue weighted by atomic mass is 35.5. The van der Waals surface area contributed by atoms with E-state index in [9.17, 15) is 4.79 Å². The standard InChI is InChI=1S/C16H18ClN3O2/c1-11-3-4-18-15(17)14(11)12-9-13(16(21)19(2)10-12)20-5-7-22-8-6-20/h3-4,9-10H,5-8H2,1-2H3. The summed E-state index contributed by atoms with van der Waals surface area (Å²) < 4.78 is 6.96. The van der Waals surface area contributed by atoms with Gasteiger partial charge in [-0.3, -0.25) is 4.79 Å². The van der Waals surface area contributed by atoms with Crippen molar-refractivity contribution in [3.8, 4) is 11.1 Å². The predicted molar refractivity (Wildman–Crippen MR) is 87.7 cm³/mol. The Labute approximate surface area is 134 Å². The van der Waals surface area contributed by atoms with Gasteiger partial charge < -0.3 is 14.2 Å². The van der Waals surface area contributed by atoms with E-state index in [2.05, 4.69) is 9.88 Å². The van der Waals surface area contributed by atoms with Gasteiger partial charge in [-0.05, 0) is 24.6 Å². The lowest BCUT2D eigenvalue weighted by atomic mass is 10.0. The van der Waals surface area contributed by atoms with E-state index in [4.69, 9.17) is 16.3 Å². The van der Waals surface area contributed by atoms with Crippen molar-refractivity contribution in [2.75, 3.05) is 31.2 Å². The minimum atomic E-state index is -0.0108. The van der Waals surface area contributed by atoms with Crippen LogP contribution in [-0.2, 0) is 11.8 Å². The fraction of sp³-hybridized carbons (Fsp3) is 0.375. The Bertz CT molecular complexity index is 731. The highest BCUT2D eigenvalue weighted by molar-refractivity contribution is 6.32. The van der Waals surface area contributed by atoms with Crippen molar-refractivity contribution in [1.82, 2.24) is 9.55 Å². The van der Waals surface area contributed by atoms with Gasteiger partial charge in [0.05, 0.1) is 13.2 Å². The summed E-state index contributed by atoms with van der Waals surface area (Å²) in [6.45, 7) is 4.71. The molecule has 116 valence electrons. The number of halogens is 1. The molecule has 1 saturated heterocycles. The molecule has 0 aromatic carbocycles. The number of aromatic nitrogens is 2. The molecule has 1 aliphatic heterocycles. The minimum absolute atomic E-state index is 0.0108. The third-order valence-corrected chi connectivity index (χ3v) is 4.20. The molecule has 0 saturated carbocycles.